The van der Waals surface area contributed by atoms with Crippen molar-refractivity contribution in [1.29, 1.82) is 0 Å². The number of aliphatic hydroxyl groups is 1. The second-order valence-corrected chi connectivity index (χ2v) is 5.56. The van der Waals surface area contributed by atoms with Crippen molar-refractivity contribution in [3.63, 3.8) is 0 Å². The number of aromatic nitrogens is 2. The van der Waals surface area contributed by atoms with E-state index in [9.17, 15) is 9.90 Å². The van der Waals surface area contributed by atoms with Crippen molar-refractivity contribution in [2.24, 2.45) is 5.73 Å². The Bertz CT molecular complexity index is 561. The van der Waals surface area contributed by atoms with Gasteiger partial charge in [-0.15, -0.1) is 0 Å². The molecule has 0 saturated heterocycles. The second-order valence-electron chi connectivity index (χ2n) is 5.56. The van der Waals surface area contributed by atoms with Gasteiger partial charge < -0.3 is 21.5 Å². The van der Waals surface area contributed by atoms with E-state index in [2.05, 4.69) is 27.2 Å². The van der Waals surface area contributed by atoms with Crippen molar-refractivity contribution < 1.29 is 9.90 Å². The van der Waals surface area contributed by atoms with Crippen LogP contribution in [0.4, 0.5) is 11.8 Å². The highest BCUT2D eigenvalue weighted by Crippen LogP contribution is 2.22. The van der Waals surface area contributed by atoms with Gasteiger partial charge in [-0.25, -0.2) is 4.98 Å². The molecule has 1 aromatic rings. The van der Waals surface area contributed by atoms with Crippen molar-refractivity contribution >= 4 is 17.7 Å². The lowest BCUT2D eigenvalue weighted by atomic mass is 9.93. The number of allylic oxidation sites excluding steroid dienone is 1. The third-order valence-electron chi connectivity index (χ3n) is 3.76. The Morgan fingerprint density at radius 2 is 2.32 bits per heavy atom. The number of carbonyl (C=O) groups excluding carboxylic acids is 1. The minimum absolute atomic E-state index is 0.130. The molecule has 0 aliphatic heterocycles. The third kappa shape index (κ3) is 4.17. The molecule has 0 spiro atoms. The van der Waals surface area contributed by atoms with Crippen LogP contribution in [0.15, 0.2) is 18.5 Å². The van der Waals surface area contributed by atoms with E-state index < -0.39 is 5.91 Å². The van der Waals surface area contributed by atoms with Gasteiger partial charge >= 0.3 is 0 Å². The fourth-order valence-electron chi connectivity index (χ4n) is 2.46. The van der Waals surface area contributed by atoms with Crippen LogP contribution in [0.2, 0.25) is 0 Å². The maximum atomic E-state index is 11.5. The van der Waals surface area contributed by atoms with Crippen LogP contribution in [-0.2, 0) is 0 Å². The summed E-state index contributed by atoms with van der Waals surface area (Å²) in [6.45, 7) is 5.79. The summed E-state index contributed by atoms with van der Waals surface area (Å²) in [6, 6.07) is 0.130. The van der Waals surface area contributed by atoms with Gasteiger partial charge in [0.1, 0.15) is 11.4 Å². The third-order valence-corrected chi connectivity index (χ3v) is 3.76. The van der Waals surface area contributed by atoms with E-state index in [1.54, 1.807) is 0 Å². The van der Waals surface area contributed by atoms with Gasteiger partial charge in [-0.1, -0.05) is 13.5 Å². The Balaban J connectivity index is 2.16. The lowest BCUT2D eigenvalue weighted by Gasteiger charge is -2.26. The minimum Gasteiger partial charge on any atom is -0.393 e. The summed E-state index contributed by atoms with van der Waals surface area (Å²) in [6.07, 6.45) is 5.27. The Morgan fingerprint density at radius 1 is 1.55 bits per heavy atom. The smallest absolute Gasteiger partial charge is 0.254 e. The zero-order valence-electron chi connectivity index (χ0n) is 12.8. The molecule has 0 aromatic carbocycles. The van der Waals surface area contributed by atoms with E-state index in [4.69, 9.17) is 5.73 Å². The molecule has 1 saturated carbocycles. The Labute approximate surface area is 130 Å². The molecule has 1 amide bonds. The van der Waals surface area contributed by atoms with E-state index >= 15 is 0 Å². The van der Waals surface area contributed by atoms with Crippen LogP contribution in [0.3, 0.4) is 0 Å². The molecule has 7 nitrogen and oxygen atoms in total. The van der Waals surface area contributed by atoms with Crippen LogP contribution in [0.1, 0.15) is 49.4 Å². The quantitative estimate of drug-likeness (QED) is 0.635. The number of rotatable bonds is 6. The van der Waals surface area contributed by atoms with Crippen molar-refractivity contribution in [2.45, 2.75) is 51.2 Å². The normalized spacial score (nSPS) is 21.2. The number of hydrogen-bond acceptors (Lipinski definition) is 6. The SMILES string of the molecule is C=C(CC)Nc1nc(N[C@@H]2CCC[C@H](O)C2)ncc1C(N)=O. The van der Waals surface area contributed by atoms with Crippen LogP contribution in [0.25, 0.3) is 0 Å². The number of amides is 1. The van der Waals surface area contributed by atoms with E-state index in [1.807, 2.05) is 6.92 Å². The molecular formula is C15H23N5O2. The molecule has 7 heteroatoms. The number of carbonyl (C=O) groups is 1. The van der Waals surface area contributed by atoms with Crippen LogP contribution in [0.5, 0.6) is 0 Å². The number of primary amides is 1. The second kappa shape index (κ2) is 7.22. The summed E-state index contributed by atoms with van der Waals surface area (Å²) >= 11 is 0. The van der Waals surface area contributed by atoms with Crippen molar-refractivity contribution in [2.75, 3.05) is 10.6 Å². The Hall–Kier alpha value is -2.15. The molecule has 22 heavy (non-hydrogen) atoms. The molecule has 1 fully saturated rings. The van der Waals surface area contributed by atoms with Gasteiger partial charge in [-0.05, 0) is 32.1 Å². The molecule has 1 heterocycles. The highest BCUT2D eigenvalue weighted by atomic mass is 16.3. The summed E-state index contributed by atoms with van der Waals surface area (Å²) in [4.78, 5) is 19.9. The van der Waals surface area contributed by atoms with Crippen LogP contribution in [-0.4, -0.2) is 33.1 Å². The summed E-state index contributed by atoms with van der Waals surface area (Å²) in [7, 11) is 0. The number of hydrogen-bond donors (Lipinski definition) is 4. The summed E-state index contributed by atoms with van der Waals surface area (Å²) < 4.78 is 0. The zero-order chi connectivity index (χ0) is 16.1. The molecule has 1 aliphatic carbocycles. The number of nitrogens with two attached hydrogens (primary N) is 1. The van der Waals surface area contributed by atoms with Crippen molar-refractivity contribution in [3.8, 4) is 0 Å². The molecule has 2 atom stereocenters. The molecule has 5 N–H and O–H groups in total. The van der Waals surface area contributed by atoms with Crippen molar-refractivity contribution in [3.05, 3.63) is 24.0 Å². The topological polar surface area (TPSA) is 113 Å². The van der Waals surface area contributed by atoms with E-state index in [-0.39, 0.29) is 17.7 Å². The highest BCUT2D eigenvalue weighted by molar-refractivity contribution is 5.97. The van der Waals surface area contributed by atoms with Gasteiger partial charge in [0.15, 0.2) is 0 Å². The van der Waals surface area contributed by atoms with Crippen molar-refractivity contribution in [1.82, 2.24) is 9.97 Å². The van der Waals surface area contributed by atoms with Crippen LogP contribution in [0, 0.1) is 0 Å². The van der Waals surface area contributed by atoms with E-state index in [0.29, 0.717) is 24.6 Å². The Morgan fingerprint density at radius 3 is 2.95 bits per heavy atom. The molecule has 0 radical (unpaired) electrons. The maximum Gasteiger partial charge on any atom is 0.254 e. The molecule has 1 aliphatic rings. The molecule has 0 bridgehead atoms. The van der Waals surface area contributed by atoms with Gasteiger partial charge in [0, 0.05) is 17.9 Å². The first-order valence-electron chi connectivity index (χ1n) is 7.55. The van der Waals surface area contributed by atoms with Crippen LogP contribution >= 0.6 is 0 Å². The van der Waals surface area contributed by atoms with Gasteiger partial charge in [-0.2, -0.15) is 4.98 Å². The lowest BCUT2D eigenvalue weighted by molar-refractivity contribution is 0.100. The molecule has 120 valence electrons. The summed E-state index contributed by atoms with van der Waals surface area (Å²) in [5.41, 5.74) is 6.30. The maximum absolute atomic E-state index is 11.5. The minimum atomic E-state index is -0.592. The number of nitrogens with one attached hydrogen (secondary N) is 2. The molecule has 0 unspecified atom stereocenters. The van der Waals surface area contributed by atoms with Gasteiger partial charge in [0.25, 0.3) is 5.91 Å². The summed E-state index contributed by atoms with van der Waals surface area (Å²) in [5, 5.41) is 15.9. The fraction of sp³-hybridized carbons (Fsp3) is 0.533. The van der Waals surface area contributed by atoms with Gasteiger partial charge in [-0.3, -0.25) is 4.79 Å². The highest BCUT2D eigenvalue weighted by Gasteiger charge is 2.21. The standard InChI is InChI=1S/C15H23N5O2/c1-3-9(2)18-14-12(13(16)22)8-17-15(20-14)19-10-5-4-6-11(21)7-10/h8,10-11,21H,2-7H2,1H3,(H2,16,22)(H2,17,18,19,20)/t10-,11+/m1/s1. The number of anilines is 2. The predicted octanol–water partition coefficient (Wildman–Crippen LogP) is 1.63. The van der Waals surface area contributed by atoms with E-state index in [0.717, 1.165) is 25.0 Å². The van der Waals surface area contributed by atoms with Gasteiger partial charge in [0.05, 0.1) is 6.10 Å². The number of nitrogens with zero attached hydrogens (tertiary/aromatic N) is 2. The van der Waals surface area contributed by atoms with Gasteiger partial charge in [0.2, 0.25) is 5.95 Å². The first-order chi connectivity index (χ1) is 10.5. The largest absolute Gasteiger partial charge is 0.393 e. The molecule has 1 aromatic heterocycles. The molecule has 2 rings (SSSR count). The van der Waals surface area contributed by atoms with E-state index in [1.165, 1.54) is 6.20 Å². The Kier molecular flexibility index (Phi) is 5.32. The first kappa shape index (κ1) is 16.2. The number of aliphatic hydroxyl groups excluding tert-OH is 1. The molecular weight excluding hydrogens is 282 g/mol. The lowest BCUT2D eigenvalue weighted by Crippen LogP contribution is -2.30. The summed E-state index contributed by atoms with van der Waals surface area (Å²) in [5.74, 6) is 0.176. The average molecular weight is 305 g/mol. The predicted molar refractivity (Wildman–Crippen MR) is 85.5 cm³/mol. The van der Waals surface area contributed by atoms with Crippen LogP contribution < -0.4 is 16.4 Å². The fourth-order valence-corrected chi connectivity index (χ4v) is 2.46. The average Bonchev–Trinajstić information content (AvgIpc) is 2.47. The monoisotopic (exact) mass is 305 g/mol. The first-order valence-corrected chi connectivity index (χ1v) is 7.55. The zero-order valence-corrected chi connectivity index (χ0v) is 12.8.